The van der Waals surface area contributed by atoms with Crippen LogP contribution in [0, 0.1) is 13.8 Å². The molecule has 3 aromatic rings. The molecular formula is C20H21ClN4O2. The van der Waals surface area contributed by atoms with Crippen LogP contribution >= 0.6 is 11.6 Å². The lowest BCUT2D eigenvalue weighted by Gasteiger charge is -2.11. The maximum atomic E-state index is 12.9. The van der Waals surface area contributed by atoms with Crippen LogP contribution in [0.5, 0.6) is 0 Å². The van der Waals surface area contributed by atoms with Crippen LogP contribution < -0.4 is 10.6 Å². The molecule has 0 unspecified atom stereocenters. The summed E-state index contributed by atoms with van der Waals surface area (Å²) in [6, 6.07) is 9.07. The molecule has 1 aromatic carbocycles. The third-order valence-electron chi connectivity index (χ3n) is 4.17. The zero-order chi connectivity index (χ0) is 19.6. The molecule has 0 aliphatic carbocycles. The number of aryl methyl sites for hydroxylation is 2. The minimum absolute atomic E-state index is 0.128. The lowest BCUT2D eigenvalue weighted by Crippen LogP contribution is -2.24. The van der Waals surface area contributed by atoms with Crippen LogP contribution in [-0.4, -0.2) is 27.7 Å². The molecule has 0 fully saturated rings. The maximum Gasteiger partial charge on any atom is 0.292 e. The van der Waals surface area contributed by atoms with Gasteiger partial charge in [0.25, 0.3) is 11.8 Å². The Morgan fingerprint density at radius 1 is 1.19 bits per heavy atom. The smallest absolute Gasteiger partial charge is 0.292 e. The average Bonchev–Trinajstić information content (AvgIpc) is 3.02. The molecule has 0 saturated heterocycles. The van der Waals surface area contributed by atoms with Crippen molar-refractivity contribution >= 4 is 34.6 Å². The minimum atomic E-state index is -0.431. The summed E-state index contributed by atoms with van der Waals surface area (Å²) in [4.78, 5) is 29.6. The van der Waals surface area contributed by atoms with E-state index in [1.54, 1.807) is 34.9 Å². The average molecular weight is 385 g/mol. The molecule has 2 heterocycles. The summed E-state index contributed by atoms with van der Waals surface area (Å²) >= 11 is 6.29. The van der Waals surface area contributed by atoms with Gasteiger partial charge in [-0.15, -0.1) is 0 Å². The van der Waals surface area contributed by atoms with E-state index >= 15 is 0 Å². The molecular weight excluding hydrogens is 364 g/mol. The van der Waals surface area contributed by atoms with E-state index in [2.05, 4.69) is 15.6 Å². The Hall–Kier alpha value is -2.86. The largest absolute Gasteiger partial charge is 0.351 e. The van der Waals surface area contributed by atoms with Crippen LogP contribution in [0.2, 0.25) is 5.02 Å². The Bertz CT molecular complexity index is 1000. The Kier molecular flexibility index (Phi) is 5.46. The summed E-state index contributed by atoms with van der Waals surface area (Å²) in [7, 11) is 0. The number of nitrogens with one attached hydrogen (secondary N) is 2. The molecule has 3 rings (SSSR count). The molecule has 140 valence electrons. The molecule has 0 aliphatic rings. The first-order valence-corrected chi connectivity index (χ1v) is 9.13. The number of benzene rings is 1. The first-order valence-electron chi connectivity index (χ1n) is 8.75. The van der Waals surface area contributed by atoms with E-state index in [1.165, 1.54) is 0 Å². The number of hydrogen-bond donors (Lipinski definition) is 2. The summed E-state index contributed by atoms with van der Waals surface area (Å²) in [5.74, 6) is -0.605. The molecule has 6 nitrogen and oxygen atoms in total. The van der Waals surface area contributed by atoms with Crippen molar-refractivity contribution in [2.24, 2.45) is 0 Å². The monoisotopic (exact) mass is 384 g/mol. The number of carbonyl (C=O) groups excluding carboxylic acids is 2. The van der Waals surface area contributed by atoms with E-state index in [1.807, 2.05) is 26.8 Å². The fourth-order valence-corrected chi connectivity index (χ4v) is 3.30. The SMILES string of the molecule is CCCNC(=O)c1nc(C(=O)Nc2c(C)cc(C)cc2Cl)n2ccccc12. The second-order valence-corrected chi connectivity index (χ2v) is 6.80. The van der Waals surface area contributed by atoms with Crippen LogP contribution in [0.1, 0.15) is 45.6 Å². The van der Waals surface area contributed by atoms with Crippen molar-refractivity contribution in [3.63, 3.8) is 0 Å². The maximum absolute atomic E-state index is 12.9. The Morgan fingerprint density at radius 3 is 2.67 bits per heavy atom. The van der Waals surface area contributed by atoms with E-state index in [4.69, 9.17) is 11.6 Å². The van der Waals surface area contributed by atoms with Crippen molar-refractivity contribution in [1.29, 1.82) is 0 Å². The van der Waals surface area contributed by atoms with Gasteiger partial charge in [0.15, 0.2) is 5.69 Å². The second-order valence-electron chi connectivity index (χ2n) is 6.39. The molecule has 27 heavy (non-hydrogen) atoms. The number of anilines is 1. The third kappa shape index (κ3) is 3.80. The van der Waals surface area contributed by atoms with Crippen LogP contribution in [0.4, 0.5) is 5.69 Å². The molecule has 0 radical (unpaired) electrons. The van der Waals surface area contributed by atoms with Crippen molar-refractivity contribution < 1.29 is 9.59 Å². The number of amides is 2. The highest BCUT2D eigenvalue weighted by Crippen LogP contribution is 2.28. The normalized spacial score (nSPS) is 10.8. The Balaban J connectivity index is 1.99. The van der Waals surface area contributed by atoms with Gasteiger partial charge in [-0.3, -0.25) is 14.0 Å². The quantitative estimate of drug-likeness (QED) is 0.698. The molecule has 0 saturated carbocycles. The number of rotatable bonds is 5. The predicted molar refractivity (Wildman–Crippen MR) is 107 cm³/mol. The van der Waals surface area contributed by atoms with Crippen LogP contribution in [-0.2, 0) is 0 Å². The number of halogens is 1. The highest BCUT2D eigenvalue weighted by atomic mass is 35.5. The number of hydrogen-bond acceptors (Lipinski definition) is 3. The molecule has 2 aromatic heterocycles. The summed E-state index contributed by atoms with van der Waals surface area (Å²) < 4.78 is 1.60. The summed E-state index contributed by atoms with van der Waals surface area (Å²) in [5.41, 5.74) is 3.20. The van der Waals surface area contributed by atoms with Crippen LogP contribution in [0.3, 0.4) is 0 Å². The van der Waals surface area contributed by atoms with E-state index in [-0.39, 0.29) is 17.4 Å². The predicted octanol–water partition coefficient (Wildman–Crippen LogP) is 4.00. The van der Waals surface area contributed by atoms with E-state index < -0.39 is 5.91 Å². The van der Waals surface area contributed by atoms with Gasteiger partial charge in [-0.05, 0) is 49.6 Å². The summed E-state index contributed by atoms with van der Waals surface area (Å²) in [5, 5.41) is 6.08. The van der Waals surface area contributed by atoms with Gasteiger partial charge in [-0.1, -0.05) is 30.7 Å². The molecule has 0 atom stereocenters. The van der Waals surface area contributed by atoms with Crippen molar-refractivity contribution in [1.82, 2.24) is 14.7 Å². The lowest BCUT2D eigenvalue weighted by atomic mass is 10.1. The van der Waals surface area contributed by atoms with Gasteiger partial charge in [0.2, 0.25) is 5.82 Å². The molecule has 2 amide bonds. The van der Waals surface area contributed by atoms with E-state index in [0.717, 1.165) is 17.5 Å². The van der Waals surface area contributed by atoms with Crippen molar-refractivity contribution in [3.8, 4) is 0 Å². The zero-order valence-corrected chi connectivity index (χ0v) is 16.2. The van der Waals surface area contributed by atoms with Gasteiger partial charge < -0.3 is 10.6 Å². The van der Waals surface area contributed by atoms with Crippen LogP contribution in [0.15, 0.2) is 36.5 Å². The number of aromatic nitrogens is 2. The van der Waals surface area contributed by atoms with Crippen molar-refractivity contribution in [2.45, 2.75) is 27.2 Å². The van der Waals surface area contributed by atoms with Gasteiger partial charge >= 0.3 is 0 Å². The fourth-order valence-electron chi connectivity index (χ4n) is 2.93. The van der Waals surface area contributed by atoms with Gasteiger partial charge in [-0.25, -0.2) is 4.98 Å². The Morgan fingerprint density at radius 2 is 1.96 bits per heavy atom. The van der Waals surface area contributed by atoms with Gasteiger partial charge in [0.05, 0.1) is 16.2 Å². The van der Waals surface area contributed by atoms with E-state index in [0.29, 0.717) is 22.8 Å². The lowest BCUT2D eigenvalue weighted by molar-refractivity contribution is 0.0951. The first-order chi connectivity index (χ1) is 12.9. The second kappa shape index (κ2) is 7.80. The van der Waals surface area contributed by atoms with Crippen molar-refractivity contribution in [2.75, 3.05) is 11.9 Å². The number of nitrogens with zero attached hydrogens (tertiary/aromatic N) is 2. The molecule has 7 heteroatoms. The minimum Gasteiger partial charge on any atom is -0.351 e. The zero-order valence-electron chi connectivity index (χ0n) is 15.5. The molecule has 0 bridgehead atoms. The fraction of sp³-hybridized carbons (Fsp3) is 0.250. The number of pyridine rings is 1. The van der Waals surface area contributed by atoms with Gasteiger partial charge in [0, 0.05) is 12.7 Å². The number of carbonyl (C=O) groups is 2. The highest BCUT2D eigenvalue weighted by Gasteiger charge is 2.22. The molecule has 0 spiro atoms. The topological polar surface area (TPSA) is 75.5 Å². The summed E-state index contributed by atoms with van der Waals surface area (Å²) in [6.07, 6.45) is 2.52. The van der Waals surface area contributed by atoms with E-state index in [9.17, 15) is 9.59 Å². The van der Waals surface area contributed by atoms with Gasteiger partial charge in [0.1, 0.15) is 0 Å². The number of imidazole rings is 1. The Labute approximate surface area is 162 Å². The standard InChI is InChI=1S/C20H21ClN4O2/c1-4-8-22-19(26)17-15-7-5-6-9-25(15)18(23-17)20(27)24-16-13(3)10-12(2)11-14(16)21/h5-7,9-11H,4,8H2,1-3H3,(H,22,26)(H,24,27). The summed E-state index contributed by atoms with van der Waals surface area (Å²) in [6.45, 7) is 6.33. The van der Waals surface area contributed by atoms with Crippen LogP contribution in [0.25, 0.3) is 5.52 Å². The van der Waals surface area contributed by atoms with Crippen molar-refractivity contribution in [3.05, 3.63) is 64.2 Å². The number of fused-ring (bicyclic) bond motifs is 1. The first kappa shape index (κ1) is 18.9. The third-order valence-corrected chi connectivity index (χ3v) is 4.47. The van der Waals surface area contributed by atoms with Gasteiger partial charge in [-0.2, -0.15) is 0 Å². The molecule has 0 aliphatic heterocycles. The highest BCUT2D eigenvalue weighted by molar-refractivity contribution is 6.34. The molecule has 2 N–H and O–H groups in total.